The van der Waals surface area contributed by atoms with Crippen LogP contribution in [0.1, 0.15) is 36.6 Å². The molecule has 1 heterocycles. The Bertz CT molecular complexity index is 715. The number of hydrogen-bond acceptors (Lipinski definition) is 3. The number of amides is 1. The minimum Gasteiger partial charge on any atom is -0.367 e. The van der Waals surface area contributed by atoms with E-state index >= 15 is 0 Å². The summed E-state index contributed by atoms with van der Waals surface area (Å²) >= 11 is 0. The van der Waals surface area contributed by atoms with Crippen LogP contribution in [0.4, 0.5) is 0 Å². The lowest BCUT2D eigenvalue weighted by Crippen LogP contribution is -2.39. The molecule has 0 spiro atoms. The molecule has 0 aliphatic heterocycles. The van der Waals surface area contributed by atoms with Crippen molar-refractivity contribution in [2.24, 2.45) is 5.92 Å². The number of carbonyl (C=O) groups is 1. The fraction of sp³-hybridized carbons (Fsp3) is 0.364. The maximum atomic E-state index is 13.3. The van der Waals surface area contributed by atoms with Gasteiger partial charge in [-0.05, 0) is 42.9 Å². The normalized spacial score (nSPS) is 17.7. The van der Waals surface area contributed by atoms with Crippen LogP contribution in [0.25, 0.3) is 0 Å². The number of rotatable bonds is 7. The van der Waals surface area contributed by atoms with Crippen molar-refractivity contribution in [1.82, 2.24) is 9.88 Å². The minimum absolute atomic E-state index is 0.00101. The molecule has 0 unspecified atom stereocenters. The lowest BCUT2D eigenvalue weighted by Gasteiger charge is -2.31. The molecule has 0 radical (unpaired) electrons. The summed E-state index contributed by atoms with van der Waals surface area (Å²) in [6.45, 7) is 1.24. The topological polar surface area (TPSA) is 42.4 Å². The number of nitrogens with zero attached hydrogens (tertiary/aromatic N) is 2. The smallest absolute Gasteiger partial charge is 0.256 e. The molecule has 136 valence electrons. The predicted molar refractivity (Wildman–Crippen MR) is 102 cm³/mol. The second-order valence-corrected chi connectivity index (χ2v) is 6.72. The molecule has 26 heavy (non-hydrogen) atoms. The molecule has 0 saturated carbocycles. The van der Waals surface area contributed by atoms with Gasteiger partial charge in [0.1, 0.15) is 0 Å². The summed E-state index contributed by atoms with van der Waals surface area (Å²) < 4.78 is 5.58. The van der Waals surface area contributed by atoms with Crippen LogP contribution in [-0.4, -0.2) is 29.4 Å². The Morgan fingerprint density at radius 1 is 1.19 bits per heavy atom. The molecule has 2 aromatic rings. The van der Waals surface area contributed by atoms with Crippen molar-refractivity contribution in [3.8, 4) is 0 Å². The van der Waals surface area contributed by atoms with Gasteiger partial charge < -0.3 is 9.64 Å². The molecule has 0 fully saturated rings. The summed E-state index contributed by atoms with van der Waals surface area (Å²) in [5.74, 6) is 0.486. The Hall–Kier alpha value is -2.46. The van der Waals surface area contributed by atoms with Crippen molar-refractivity contribution in [2.45, 2.75) is 31.9 Å². The highest BCUT2D eigenvalue weighted by atomic mass is 16.5. The largest absolute Gasteiger partial charge is 0.367 e. The molecule has 1 aromatic heterocycles. The van der Waals surface area contributed by atoms with Crippen LogP contribution in [0, 0.1) is 5.92 Å². The Morgan fingerprint density at radius 3 is 2.65 bits per heavy atom. The van der Waals surface area contributed by atoms with E-state index in [1.54, 1.807) is 13.3 Å². The van der Waals surface area contributed by atoms with E-state index in [1.807, 2.05) is 53.4 Å². The Morgan fingerprint density at radius 2 is 2.00 bits per heavy atom. The first kappa shape index (κ1) is 18.3. The molecule has 1 aromatic carbocycles. The maximum Gasteiger partial charge on any atom is 0.256 e. The summed E-state index contributed by atoms with van der Waals surface area (Å²) in [6, 6.07) is 15.5. The van der Waals surface area contributed by atoms with Gasteiger partial charge in [-0.1, -0.05) is 48.6 Å². The summed E-state index contributed by atoms with van der Waals surface area (Å²) in [5.41, 5.74) is 1.78. The first-order chi connectivity index (χ1) is 12.8. The summed E-state index contributed by atoms with van der Waals surface area (Å²) in [6.07, 6.45) is 8.86. The number of hydrogen-bond donors (Lipinski definition) is 0. The van der Waals surface area contributed by atoms with Crippen LogP contribution < -0.4 is 0 Å². The van der Waals surface area contributed by atoms with Gasteiger partial charge in [0, 0.05) is 19.9 Å². The highest BCUT2D eigenvalue weighted by molar-refractivity contribution is 5.82. The number of methoxy groups -OCH3 is 1. The van der Waals surface area contributed by atoms with Gasteiger partial charge >= 0.3 is 0 Å². The molecular weight excluding hydrogens is 324 g/mol. The Labute approximate surface area is 155 Å². The van der Waals surface area contributed by atoms with Gasteiger partial charge in [-0.15, -0.1) is 0 Å². The second-order valence-electron chi connectivity index (χ2n) is 6.72. The zero-order chi connectivity index (χ0) is 18.2. The van der Waals surface area contributed by atoms with Crippen LogP contribution >= 0.6 is 0 Å². The first-order valence-electron chi connectivity index (χ1n) is 9.19. The van der Waals surface area contributed by atoms with Crippen LogP contribution in [0.15, 0.2) is 66.9 Å². The molecule has 2 atom stereocenters. The number of carbonyl (C=O) groups excluding carboxylic acids is 1. The van der Waals surface area contributed by atoms with E-state index < -0.39 is 6.10 Å². The first-order valence-corrected chi connectivity index (χ1v) is 9.19. The third-order valence-corrected chi connectivity index (χ3v) is 4.81. The van der Waals surface area contributed by atoms with Crippen LogP contribution in [0.2, 0.25) is 0 Å². The molecule has 1 amide bonds. The van der Waals surface area contributed by atoms with Crippen molar-refractivity contribution in [3.05, 3.63) is 78.1 Å². The molecule has 4 nitrogen and oxygen atoms in total. The molecule has 0 N–H and O–H groups in total. The Balaban J connectivity index is 1.80. The van der Waals surface area contributed by atoms with Gasteiger partial charge in [0.05, 0.1) is 12.2 Å². The monoisotopic (exact) mass is 350 g/mol. The van der Waals surface area contributed by atoms with Gasteiger partial charge in [-0.3, -0.25) is 9.78 Å². The van der Waals surface area contributed by atoms with Crippen molar-refractivity contribution in [3.63, 3.8) is 0 Å². The SMILES string of the molecule is CO[C@H](C(=O)N(Cc1ccccn1)C[C@H]1CC=CCC1)c1ccccc1. The third kappa shape index (κ3) is 4.79. The number of ether oxygens (including phenoxy) is 1. The van der Waals surface area contributed by atoms with Gasteiger partial charge in [0.25, 0.3) is 5.91 Å². The van der Waals surface area contributed by atoms with E-state index in [9.17, 15) is 4.79 Å². The summed E-state index contributed by atoms with van der Waals surface area (Å²) in [5, 5.41) is 0. The van der Waals surface area contributed by atoms with E-state index in [0.29, 0.717) is 12.5 Å². The zero-order valence-corrected chi connectivity index (χ0v) is 15.3. The van der Waals surface area contributed by atoms with E-state index in [2.05, 4.69) is 17.1 Å². The highest BCUT2D eigenvalue weighted by Crippen LogP contribution is 2.24. The van der Waals surface area contributed by atoms with Gasteiger partial charge in [0.15, 0.2) is 6.10 Å². The van der Waals surface area contributed by atoms with E-state index in [0.717, 1.165) is 37.1 Å². The molecule has 0 bridgehead atoms. The Kier molecular flexibility index (Phi) is 6.56. The average molecular weight is 350 g/mol. The van der Waals surface area contributed by atoms with Crippen LogP contribution in [0.3, 0.4) is 0 Å². The van der Waals surface area contributed by atoms with E-state index in [1.165, 1.54) is 0 Å². The molecule has 3 rings (SSSR count). The van der Waals surface area contributed by atoms with Crippen LogP contribution in [-0.2, 0) is 16.1 Å². The lowest BCUT2D eigenvalue weighted by atomic mass is 9.93. The van der Waals surface area contributed by atoms with Crippen molar-refractivity contribution < 1.29 is 9.53 Å². The predicted octanol–water partition coefficient (Wildman–Crippen LogP) is 4.15. The third-order valence-electron chi connectivity index (χ3n) is 4.81. The van der Waals surface area contributed by atoms with Crippen molar-refractivity contribution in [1.29, 1.82) is 0 Å². The fourth-order valence-electron chi connectivity index (χ4n) is 3.43. The minimum atomic E-state index is -0.584. The van der Waals surface area contributed by atoms with E-state index in [4.69, 9.17) is 4.74 Å². The molecule has 4 heteroatoms. The number of aromatic nitrogens is 1. The lowest BCUT2D eigenvalue weighted by molar-refractivity contribution is -0.144. The van der Waals surface area contributed by atoms with Gasteiger partial charge in [0.2, 0.25) is 0 Å². The van der Waals surface area contributed by atoms with E-state index in [-0.39, 0.29) is 5.91 Å². The molecular formula is C22H26N2O2. The second kappa shape index (κ2) is 9.30. The quantitative estimate of drug-likeness (QED) is 0.704. The maximum absolute atomic E-state index is 13.3. The van der Waals surface area contributed by atoms with Gasteiger partial charge in [-0.2, -0.15) is 0 Å². The summed E-state index contributed by atoms with van der Waals surface area (Å²) in [7, 11) is 1.60. The highest BCUT2D eigenvalue weighted by Gasteiger charge is 2.28. The number of pyridine rings is 1. The van der Waals surface area contributed by atoms with Crippen molar-refractivity contribution in [2.75, 3.05) is 13.7 Å². The zero-order valence-electron chi connectivity index (χ0n) is 15.3. The fourth-order valence-corrected chi connectivity index (χ4v) is 3.43. The molecule has 1 aliphatic rings. The molecule has 0 saturated heterocycles. The van der Waals surface area contributed by atoms with Crippen LogP contribution in [0.5, 0.6) is 0 Å². The molecule has 1 aliphatic carbocycles. The number of benzene rings is 1. The number of allylic oxidation sites excluding steroid dienone is 2. The van der Waals surface area contributed by atoms with Gasteiger partial charge in [-0.25, -0.2) is 0 Å². The summed E-state index contributed by atoms with van der Waals surface area (Å²) in [4.78, 5) is 19.6. The van der Waals surface area contributed by atoms with Crippen molar-refractivity contribution >= 4 is 5.91 Å². The standard InChI is InChI=1S/C22H26N2O2/c1-26-21(19-12-6-3-7-13-19)22(25)24(16-18-10-4-2-5-11-18)17-20-14-8-9-15-23-20/h2-4,6-9,12-15,18,21H,5,10-11,16-17H2,1H3/t18-,21-/m0/s1. The average Bonchev–Trinajstić information content (AvgIpc) is 2.70.